The van der Waals surface area contributed by atoms with Crippen LogP contribution < -0.4 is 5.73 Å². The molecule has 1 aromatic rings. The number of rotatable bonds is 4. The number of aliphatic hydroxyl groups is 3. The van der Waals surface area contributed by atoms with Gasteiger partial charge in [-0.2, -0.15) is 0 Å². The number of carbonyl (C=O) groups is 1. The van der Waals surface area contributed by atoms with E-state index in [1.807, 2.05) is 30.3 Å². The number of nitrogens with zero attached hydrogens (tertiary/aromatic N) is 1. The molecule has 0 saturated carbocycles. The average molecular weight is 280 g/mol. The van der Waals surface area contributed by atoms with Crippen molar-refractivity contribution in [2.45, 2.75) is 37.3 Å². The number of aliphatic hydroxyl groups excluding tert-OH is 2. The van der Waals surface area contributed by atoms with E-state index in [2.05, 4.69) is 0 Å². The predicted octanol–water partition coefficient (Wildman–Crippen LogP) is -0.822. The smallest absolute Gasteiger partial charge is 0.271 e. The Hall–Kier alpha value is -1.47. The number of nitrogens with two attached hydrogens (primary N) is 1. The summed E-state index contributed by atoms with van der Waals surface area (Å²) in [5, 5.41) is 29.2. The molecule has 1 unspecified atom stereocenters. The Morgan fingerprint density at radius 1 is 1.35 bits per heavy atom. The highest BCUT2D eigenvalue weighted by atomic mass is 16.4. The first kappa shape index (κ1) is 14.9. The van der Waals surface area contributed by atoms with Gasteiger partial charge < -0.3 is 20.2 Å². The van der Waals surface area contributed by atoms with Crippen LogP contribution in [0.4, 0.5) is 0 Å². The summed E-state index contributed by atoms with van der Waals surface area (Å²) in [7, 11) is 0. The summed E-state index contributed by atoms with van der Waals surface area (Å²) in [5.74, 6) is -0.752. The van der Waals surface area contributed by atoms with Crippen LogP contribution in [0.25, 0.3) is 0 Å². The number of benzene rings is 1. The van der Waals surface area contributed by atoms with E-state index in [0.717, 1.165) is 10.5 Å². The van der Waals surface area contributed by atoms with Crippen molar-refractivity contribution in [1.82, 2.24) is 4.90 Å². The summed E-state index contributed by atoms with van der Waals surface area (Å²) >= 11 is 0. The van der Waals surface area contributed by atoms with E-state index in [1.54, 1.807) is 0 Å². The van der Waals surface area contributed by atoms with Gasteiger partial charge in [0.15, 0.2) is 12.0 Å². The second-order valence-electron chi connectivity index (χ2n) is 5.18. The van der Waals surface area contributed by atoms with Gasteiger partial charge in [-0.25, -0.2) is 0 Å². The largest absolute Gasteiger partial charge is 0.388 e. The summed E-state index contributed by atoms with van der Waals surface area (Å²) in [4.78, 5) is 13.1. The van der Waals surface area contributed by atoms with E-state index in [1.165, 1.54) is 0 Å². The molecule has 20 heavy (non-hydrogen) atoms. The van der Waals surface area contributed by atoms with Crippen molar-refractivity contribution in [3.05, 3.63) is 35.9 Å². The molecule has 3 atom stereocenters. The van der Waals surface area contributed by atoms with Gasteiger partial charge in [-0.05, 0) is 18.4 Å². The molecule has 1 aliphatic rings. The zero-order valence-electron chi connectivity index (χ0n) is 11.1. The Labute approximate surface area is 117 Å². The molecule has 1 fully saturated rings. The Bertz CT molecular complexity index is 464. The van der Waals surface area contributed by atoms with Crippen LogP contribution in [0.3, 0.4) is 0 Å². The molecule has 1 amide bonds. The molecular weight excluding hydrogens is 260 g/mol. The minimum atomic E-state index is -2.04. The van der Waals surface area contributed by atoms with Crippen LogP contribution in [0.2, 0.25) is 0 Å². The predicted molar refractivity (Wildman–Crippen MR) is 72.2 cm³/mol. The first-order valence-corrected chi connectivity index (χ1v) is 6.64. The van der Waals surface area contributed by atoms with Crippen LogP contribution in [0.15, 0.2) is 30.3 Å². The maximum Gasteiger partial charge on any atom is 0.271 e. The Morgan fingerprint density at radius 2 is 2.00 bits per heavy atom. The fraction of sp³-hybridized carbons (Fsp3) is 0.500. The van der Waals surface area contributed by atoms with Crippen molar-refractivity contribution in [3.8, 4) is 0 Å². The number of carbonyl (C=O) groups excluding carboxylic acids is 1. The fourth-order valence-electron chi connectivity index (χ4n) is 2.32. The van der Waals surface area contributed by atoms with Crippen molar-refractivity contribution in [1.29, 1.82) is 0 Å². The third-order valence-corrected chi connectivity index (χ3v) is 3.60. The maximum absolute atomic E-state index is 12.1. The highest BCUT2D eigenvalue weighted by Gasteiger charge is 2.42. The van der Waals surface area contributed by atoms with Gasteiger partial charge in [-0.15, -0.1) is 0 Å². The Morgan fingerprint density at radius 3 is 2.55 bits per heavy atom. The number of amides is 1. The highest BCUT2D eigenvalue weighted by Crippen LogP contribution is 2.20. The molecular formula is C14H20N2O4. The van der Waals surface area contributed by atoms with Crippen LogP contribution in [-0.4, -0.2) is 50.7 Å². The molecule has 0 radical (unpaired) electrons. The molecule has 110 valence electrons. The molecule has 6 nitrogen and oxygen atoms in total. The quantitative estimate of drug-likeness (QED) is 0.539. The molecule has 6 heteroatoms. The number of aryl methyl sites for hydroxylation is 1. The van der Waals surface area contributed by atoms with Crippen molar-refractivity contribution in [2.24, 2.45) is 5.73 Å². The zero-order valence-corrected chi connectivity index (χ0v) is 11.1. The third kappa shape index (κ3) is 3.16. The number of hydrogen-bond acceptors (Lipinski definition) is 5. The van der Waals surface area contributed by atoms with Gasteiger partial charge in [0.25, 0.3) is 5.91 Å². The Balaban J connectivity index is 1.97. The first-order valence-electron chi connectivity index (χ1n) is 6.64. The minimum Gasteiger partial charge on any atom is -0.388 e. The lowest BCUT2D eigenvalue weighted by Gasteiger charge is -2.30. The molecule has 0 aliphatic carbocycles. The van der Waals surface area contributed by atoms with E-state index in [9.17, 15) is 20.1 Å². The molecule has 2 rings (SSSR count). The minimum absolute atomic E-state index is 0.0508. The normalized spacial score (nSPS) is 25.5. The van der Waals surface area contributed by atoms with Gasteiger partial charge in [0.2, 0.25) is 0 Å². The number of likely N-dealkylation sites (tertiary alicyclic amines) is 1. The lowest BCUT2D eigenvalue weighted by atomic mass is 10.0. The van der Waals surface area contributed by atoms with E-state index in [-0.39, 0.29) is 19.4 Å². The number of hydrogen-bond donors (Lipinski definition) is 4. The van der Waals surface area contributed by atoms with Crippen LogP contribution >= 0.6 is 0 Å². The van der Waals surface area contributed by atoms with Crippen molar-refractivity contribution >= 4 is 5.91 Å². The summed E-state index contributed by atoms with van der Waals surface area (Å²) < 4.78 is 0. The van der Waals surface area contributed by atoms with E-state index in [4.69, 9.17) is 5.73 Å². The first-order chi connectivity index (χ1) is 9.42. The summed E-state index contributed by atoms with van der Waals surface area (Å²) in [5.41, 5.74) is 4.59. The second kappa shape index (κ2) is 5.88. The van der Waals surface area contributed by atoms with Gasteiger partial charge in [-0.3, -0.25) is 10.5 Å². The summed E-state index contributed by atoms with van der Waals surface area (Å²) in [6.07, 6.45) is -1.50. The van der Waals surface area contributed by atoms with Gasteiger partial charge in [-0.1, -0.05) is 30.3 Å². The zero-order chi connectivity index (χ0) is 14.8. The maximum atomic E-state index is 12.1. The summed E-state index contributed by atoms with van der Waals surface area (Å²) in [6.45, 7) is 0.187. The molecule has 0 bridgehead atoms. The molecule has 1 aromatic carbocycles. The van der Waals surface area contributed by atoms with E-state index in [0.29, 0.717) is 6.42 Å². The lowest BCUT2D eigenvalue weighted by Crippen LogP contribution is -2.57. The van der Waals surface area contributed by atoms with Crippen LogP contribution in [0.5, 0.6) is 0 Å². The monoisotopic (exact) mass is 280 g/mol. The fourth-order valence-corrected chi connectivity index (χ4v) is 2.32. The van der Waals surface area contributed by atoms with Crippen LogP contribution in [0.1, 0.15) is 18.4 Å². The van der Waals surface area contributed by atoms with Crippen LogP contribution in [0, 0.1) is 0 Å². The van der Waals surface area contributed by atoms with Crippen LogP contribution in [-0.2, 0) is 11.2 Å². The van der Waals surface area contributed by atoms with Gasteiger partial charge in [0.05, 0.1) is 0 Å². The van der Waals surface area contributed by atoms with Crippen molar-refractivity contribution in [3.63, 3.8) is 0 Å². The molecule has 5 N–H and O–H groups in total. The van der Waals surface area contributed by atoms with Gasteiger partial charge in [0.1, 0.15) is 6.10 Å². The molecule has 1 aliphatic heterocycles. The third-order valence-electron chi connectivity index (χ3n) is 3.60. The van der Waals surface area contributed by atoms with Gasteiger partial charge >= 0.3 is 0 Å². The van der Waals surface area contributed by atoms with E-state index >= 15 is 0 Å². The highest BCUT2D eigenvalue weighted by molar-refractivity contribution is 5.84. The average Bonchev–Trinajstić information content (AvgIpc) is 2.77. The molecule has 1 heterocycles. The summed E-state index contributed by atoms with van der Waals surface area (Å²) in [6, 6.07) is 9.38. The van der Waals surface area contributed by atoms with Gasteiger partial charge in [0, 0.05) is 13.0 Å². The topological polar surface area (TPSA) is 107 Å². The molecule has 0 aromatic heterocycles. The SMILES string of the molecule is N[C@@](O)(CCc1ccccc1)C(=O)N1CC[C@@H](O)C1O. The van der Waals surface area contributed by atoms with Crippen molar-refractivity contribution < 1.29 is 20.1 Å². The molecule has 1 saturated heterocycles. The lowest BCUT2D eigenvalue weighted by molar-refractivity contribution is -0.161. The van der Waals surface area contributed by atoms with E-state index < -0.39 is 24.0 Å². The Kier molecular flexibility index (Phi) is 4.39. The molecule has 0 spiro atoms. The standard InChI is InChI=1S/C14H20N2O4/c15-14(20,8-6-10-4-2-1-3-5-10)13(19)16-9-7-11(17)12(16)18/h1-5,11-12,17-18,20H,6-9,15H2/t11-,12?,14-/m1/s1. The van der Waals surface area contributed by atoms with Crippen molar-refractivity contribution in [2.75, 3.05) is 6.54 Å². The second-order valence-corrected chi connectivity index (χ2v) is 5.18.